The molecule has 0 aliphatic carbocycles. The van der Waals surface area contributed by atoms with Crippen molar-refractivity contribution in [3.63, 3.8) is 0 Å². The fraction of sp³-hybridized carbons (Fsp3) is 0.538. The van der Waals surface area contributed by atoms with Gasteiger partial charge < -0.3 is 5.11 Å². The summed E-state index contributed by atoms with van der Waals surface area (Å²) >= 11 is 0. The van der Waals surface area contributed by atoms with E-state index in [0.717, 1.165) is 17.0 Å². The van der Waals surface area contributed by atoms with Crippen molar-refractivity contribution in [2.24, 2.45) is 7.05 Å². The molecule has 5 nitrogen and oxygen atoms in total. The maximum absolute atomic E-state index is 10.2. The summed E-state index contributed by atoms with van der Waals surface area (Å²) in [6, 6.07) is 2.30. The molecule has 0 radical (unpaired) electrons. The van der Waals surface area contributed by atoms with Gasteiger partial charge in [0.05, 0.1) is 18.0 Å². The van der Waals surface area contributed by atoms with Gasteiger partial charge in [-0.05, 0) is 26.8 Å². The molecule has 0 saturated heterocycles. The topological polar surface area (TPSA) is 55.9 Å². The summed E-state index contributed by atoms with van der Waals surface area (Å²) in [5, 5.41) is 18.8. The van der Waals surface area contributed by atoms with Gasteiger partial charge in [-0.1, -0.05) is 0 Å². The largest absolute Gasteiger partial charge is 0.388 e. The van der Waals surface area contributed by atoms with Crippen LogP contribution >= 0.6 is 0 Å². The van der Waals surface area contributed by atoms with E-state index in [-0.39, 0.29) is 0 Å². The van der Waals surface area contributed by atoms with Gasteiger partial charge in [0.1, 0.15) is 0 Å². The third-order valence-corrected chi connectivity index (χ3v) is 3.23. The van der Waals surface area contributed by atoms with Crippen LogP contribution in [-0.4, -0.2) is 24.7 Å². The maximum Gasteiger partial charge on any atom is 0.0879 e. The number of aliphatic hydroxyl groups excluding tert-OH is 1. The summed E-state index contributed by atoms with van der Waals surface area (Å²) < 4.78 is 3.67. The van der Waals surface area contributed by atoms with Gasteiger partial charge in [0.25, 0.3) is 0 Å². The van der Waals surface area contributed by atoms with Crippen LogP contribution in [0.25, 0.3) is 0 Å². The van der Waals surface area contributed by atoms with E-state index in [9.17, 15) is 5.11 Å². The summed E-state index contributed by atoms with van der Waals surface area (Å²) in [5.41, 5.74) is 2.77. The van der Waals surface area contributed by atoms with Crippen molar-refractivity contribution in [2.45, 2.75) is 39.3 Å². The molecule has 2 heterocycles. The molecule has 98 valence electrons. The molecule has 1 N–H and O–H groups in total. The van der Waals surface area contributed by atoms with E-state index in [1.54, 1.807) is 10.9 Å². The van der Waals surface area contributed by atoms with Crippen LogP contribution < -0.4 is 0 Å². The monoisotopic (exact) mass is 248 g/mol. The summed E-state index contributed by atoms with van der Waals surface area (Å²) in [4.78, 5) is 0. The van der Waals surface area contributed by atoms with E-state index >= 15 is 0 Å². The minimum atomic E-state index is -0.547. The van der Waals surface area contributed by atoms with Crippen LogP contribution in [0.4, 0.5) is 0 Å². The molecule has 2 rings (SSSR count). The lowest BCUT2D eigenvalue weighted by Crippen LogP contribution is -2.06. The third-order valence-electron chi connectivity index (χ3n) is 3.23. The second kappa shape index (κ2) is 4.94. The molecule has 2 aromatic rings. The lowest BCUT2D eigenvalue weighted by Gasteiger charge is -2.09. The second-order valence-corrected chi connectivity index (χ2v) is 4.91. The first-order chi connectivity index (χ1) is 8.49. The molecule has 0 aromatic carbocycles. The Morgan fingerprint density at radius 3 is 2.61 bits per heavy atom. The van der Waals surface area contributed by atoms with Crippen LogP contribution in [-0.2, 0) is 13.5 Å². The average Bonchev–Trinajstić information content (AvgIpc) is 2.88. The van der Waals surface area contributed by atoms with E-state index in [4.69, 9.17) is 0 Å². The van der Waals surface area contributed by atoms with Gasteiger partial charge in [-0.3, -0.25) is 9.36 Å². The van der Waals surface area contributed by atoms with E-state index in [1.165, 1.54) is 0 Å². The van der Waals surface area contributed by atoms with E-state index < -0.39 is 6.10 Å². The zero-order valence-corrected chi connectivity index (χ0v) is 11.3. The van der Waals surface area contributed by atoms with Crippen LogP contribution in [0.5, 0.6) is 0 Å². The summed E-state index contributed by atoms with van der Waals surface area (Å²) in [6.45, 7) is 6.12. The number of nitrogens with zero attached hydrogens (tertiary/aromatic N) is 4. The average molecular weight is 248 g/mol. The highest BCUT2D eigenvalue weighted by atomic mass is 16.3. The Morgan fingerprint density at radius 2 is 2.11 bits per heavy atom. The number of aliphatic hydroxyl groups is 1. The van der Waals surface area contributed by atoms with Gasteiger partial charge in [-0.2, -0.15) is 10.2 Å². The lowest BCUT2D eigenvalue weighted by atomic mass is 10.1. The zero-order valence-electron chi connectivity index (χ0n) is 11.3. The predicted octanol–water partition coefficient (Wildman–Crippen LogP) is 1.78. The third kappa shape index (κ3) is 2.46. The van der Waals surface area contributed by atoms with Crippen LogP contribution in [0.2, 0.25) is 0 Å². The Hall–Kier alpha value is -1.62. The molecule has 1 unspecified atom stereocenters. The first-order valence-electron chi connectivity index (χ1n) is 6.19. The van der Waals surface area contributed by atoms with Gasteiger partial charge in [0.15, 0.2) is 0 Å². The van der Waals surface area contributed by atoms with Crippen molar-refractivity contribution in [1.29, 1.82) is 0 Å². The van der Waals surface area contributed by atoms with Gasteiger partial charge in [-0.25, -0.2) is 0 Å². The molecule has 1 atom stereocenters. The van der Waals surface area contributed by atoms with Gasteiger partial charge in [-0.15, -0.1) is 0 Å². The molecule has 0 amide bonds. The Labute approximate surface area is 107 Å². The van der Waals surface area contributed by atoms with E-state index in [0.29, 0.717) is 12.5 Å². The molecule has 0 bridgehead atoms. The number of aryl methyl sites for hydroxylation is 1. The number of rotatable bonds is 4. The number of aromatic nitrogens is 4. The Kier molecular flexibility index (Phi) is 3.52. The van der Waals surface area contributed by atoms with Gasteiger partial charge in [0, 0.05) is 37.0 Å². The van der Waals surface area contributed by atoms with E-state index in [1.807, 2.05) is 30.9 Å². The minimum absolute atomic E-state index is 0.344. The highest BCUT2D eigenvalue weighted by molar-refractivity contribution is 5.20. The SMILES string of the molecule is Cc1c(C(O)Cc2ccn(C(C)C)n2)cnn1C. The molecule has 0 spiro atoms. The first-order valence-corrected chi connectivity index (χ1v) is 6.19. The molecule has 18 heavy (non-hydrogen) atoms. The van der Waals surface area contributed by atoms with Crippen molar-refractivity contribution in [3.8, 4) is 0 Å². The van der Waals surface area contributed by atoms with Crippen molar-refractivity contribution >= 4 is 0 Å². The van der Waals surface area contributed by atoms with Crippen LogP contribution in [0.3, 0.4) is 0 Å². The van der Waals surface area contributed by atoms with Gasteiger partial charge >= 0.3 is 0 Å². The van der Waals surface area contributed by atoms with Crippen LogP contribution in [0.1, 0.15) is 42.9 Å². The standard InChI is InChI=1S/C13H20N4O/c1-9(2)17-6-5-11(15-17)7-13(18)12-8-14-16(4)10(12)3/h5-6,8-9,13,18H,7H2,1-4H3. The molecular formula is C13H20N4O. The normalized spacial score (nSPS) is 13.2. The molecule has 5 heteroatoms. The number of hydrogen-bond acceptors (Lipinski definition) is 3. The fourth-order valence-electron chi connectivity index (χ4n) is 1.92. The molecule has 0 fully saturated rings. The van der Waals surface area contributed by atoms with Gasteiger partial charge in [0.2, 0.25) is 0 Å². The van der Waals surface area contributed by atoms with Crippen LogP contribution in [0.15, 0.2) is 18.5 Å². The van der Waals surface area contributed by atoms with Crippen molar-refractivity contribution in [3.05, 3.63) is 35.4 Å². The lowest BCUT2D eigenvalue weighted by molar-refractivity contribution is 0.176. The van der Waals surface area contributed by atoms with Crippen molar-refractivity contribution in [1.82, 2.24) is 19.6 Å². The minimum Gasteiger partial charge on any atom is -0.388 e. The Morgan fingerprint density at radius 1 is 1.39 bits per heavy atom. The smallest absolute Gasteiger partial charge is 0.0879 e. The summed E-state index contributed by atoms with van der Waals surface area (Å²) in [7, 11) is 1.87. The van der Waals surface area contributed by atoms with E-state index in [2.05, 4.69) is 24.0 Å². The summed E-state index contributed by atoms with van der Waals surface area (Å²) in [6.07, 6.45) is 3.64. The Bertz CT molecular complexity index is 527. The molecular weight excluding hydrogens is 228 g/mol. The Balaban J connectivity index is 2.11. The van der Waals surface area contributed by atoms with Crippen LogP contribution in [0, 0.1) is 6.92 Å². The molecule has 0 aliphatic heterocycles. The fourth-order valence-corrected chi connectivity index (χ4v) is 1.92. The van der Waals surface area contributed by atoms with Crippen molar-refractivity contribution < 1.29 is 5.11 Å². The molecule has 0 aliphatic rings. The number of hydrogen-bond donors (Lipinski definition) is 1. The maximum atomic E-state index is 10.2. The highest BCUT2D eigenvalue weighted by Gasteiger charge is 2.16. The van der Waals surface area contributed by atoms with Crippen molar-refractivity contribution in [2.75, 3.05) is 0 Å². The zero-order chi connectivity index (χ0) is 13.3. The first kappa shape index (κ1) is 12.8. The molecule has 0 saturated carbocycles. The highest BCUT2D eigenvalue weighted by Crippen LogP contribution is 2.20. The second-order valence-electron chi connectivity index (χ2n) is 4.91. The quantitative estimate of drug-likeness (QED) is 0.897. The predicted molar refractivity (Wildman–Crippen MR) is 69.2 cm³/mol. The summed E-state index contributed by atoms with van der Waals surface area (Å²) in [5.74, 6) is 0. The molecule has 2 aromatic heterocycles.